The molecule has 0 aromatic heterocycles. The topological polar surface area (TPSA) is 229 Å². The first-order chi connectivity index (χ1) is 18.6. The first kappa shape index (κ1) is 30.5. The minimum absolute atomic E-state index is 0.113. The number of likely N-dealkylation sites (N-methyl/N-ethyl adjacent to an activating group) is 1. The van der Waals surface area contributed by atoms with Crippen LogP contribution in [0.4, 0.5) is 0 Å². The third kappa shape index (κ3) is 6.90. The van der Waals surface area contributed by atoms with Crippen molar-refractivity contribution in [2.75, 3.05) is 26.7 Å². The molecule has 3 fully saturated rings. The van der Waals surface area contributed by atoms with Crippen LogP contribution in [0.25, 0.3) is 0 Å². The molecule has 2 heterocycles. The predicted octanol–water partition coefficient (Wildman–Crippen LogP) is -3.70. The number of rotatable bonds is 11. The van der Waals surface area contributed by atoms with E-state index in [1.165, 1.54) is 0 Å². The van der Waals surface area contributed by atoms with E-state index in [9.17, 15) is 20.1 Å². The van der Waals surface area contributed by atoms with Gasteiger partial charge in [0.05, 0.1) is 31.3 Å². The van der Waals surface area contributed by atoms with Gasteiger partial charge in [-0.2, -0.15) is 0 Å². The number of ether oxygens (including phenoxy) is 4. The molecule has 2 saturated carbocycles. The van der Waals surface area contributed by atoms with E-state index in [2.05, 4.69) is 16.0 Å². The molecule has 1 amide bonds. The van der Waals surface area contributed by atoms with Crippen LogP contribution in [0.15, 0.2) is 11.8 Å². The quantitative estimate of drug-likeness (QED) is 0.111. The van der Waals surface area contributed by atoms with Crippen LogP contribution < -0.4 is 33.2 Å². The van der Waals surface area contributed by atoms with Gasteiger partial charge in [0.1, 0.15) is 35.8 Å². The Morgan fingerprint density at radius 3 is 2.49 bits per heavy atom. The summed E-state index contributed by atoms with van der Waals surface area (Å²) >= 11 is 0. The second-order valence-corrected chi connectivity index (χ2v) is 11.5. The van der Waals surface area contributed by atoms with Crippen LogP contribution >= 0.6 is 0 Å². The molecule has 1 saturated heterocycles. The lowest BCUT2D eigenvalue weighted by Gasteiger charge is -2.48. The monoisotopic (exact) mass is 558 g/mol. The molecule has 4 aliphatic rings. The van der Waals surface area contributed by atoms with Crippen molar-refractivity contribution in [3.8, 4) is 0 Å². The van der Waals surface area contributed by atoms with Crippen molar-refractivity contribution in [2.45, 2.75) is 105 Å². The molecular formula is C25H46N6O8. The van der Waals surface area contributed by atoms with E-state index in [4.69, 9.17) is 36.1 Å². The highest BCUT2D eigenvalue weighted by molar-refractivity contribution is 5.47. The molecule has 0 spiro atoms. The third-order valence-corrected chi connectivity index (χ3v) is 8.36. The molecule has 14 nitrogen and oxygen atoms in total. The molecule has 0 bridgehead atoms. The Bertz CT molecular complexity index is 845. The van der Waals surface area contributed by atoms with Crippen LogP contribution in [-0.4, -0.2) is 121 Å². The van der Waals surface area contributed by atoms with Crippen LogP contribution in [-0.2, 0) is 23.7 Å². The number of amides is 1. The maximum atomic E-state index is 11.5. The fourth-order valence-corrected chi connectivity index (χ4v) is 6.08. The van der Waals surface area contributed by atoms with Crippen LogP contribution in [0.5, 0.6) is 0 Å². The van der Waals surface area contributed by atoms with E-state index in [-0.39, 0.29) is 31.7 Å². The molecule has 11 atom stereocenters. The summed E-state index contributed by atoms with van der Waals surface area (Å²) < 4.78 is 24.0. The van der Waals surface area contributed by atoms with Gasteiger partial charge in [-0.05, 0) is 58.2 Å². The lowest BCUT2D eigenvalue weighted by Crippen LogP contribution is -2.69. The standard InChI is InChI=1S/C25H46N6O8/c1-25(35)10-36-24(19(34)22(25)29-2)39-21-17(31-11-32)7-15(28)20(18(21)33)38-23-16(4-3-14(8-26)37-23)30-9-12-5-13(27)6-12/h3,11-13,15-24,29-30,33-35H,4-10,26-28H2,1-2H3,(H,31,32)/t12?,13?,15-,16+,17+,18-,19+,20?,21-,22+,23+,24+,25-/m0/s1. The number of nitrogens with one attached hydrogen (secondary N) is 3. The molecule has 12 N–H and O–H groups in total. The Balaban J connectivity index is 1.47. The van der Waals surface area contributed by atoms with Crippen molar-refractivity contribution in [3.63, 3.8) is 0 Å². The Kier molecular flexibility index (Phi) is 10.2. The number of nitrogens with two attached hydrogens (primary N) is 3. The highest BCUT2D eigenvalue weighted by Crippen LogP contribution is 2.32. The first-order valence-electron chi connectivity index (χ1n) is 13.8. The van der Waals surface area contributed by atoms with Gasteiger partial charge in [0.2, 0.25) is 12.7 Å². The van der Waals surface area contributed by atoms with Gasteiger partial charge in [-0.15, -0.1) is 0 Å². The number of carbonyl (C=O) groups excluding carboxylic acids is 1. The summed E-state index contributed by atoms with van der Waals surface area (Å²) in [7, 11) is 1.61. The normalized spacial score (nSPS) is 46.5. The summed E-state index contributed by atoms with van der Waals surface area (Å²) in [5, 5.41) is 41.9. The molecule has 0 radical (unpaired) electrons. The highest BCUT2D eigenvalue weighted by atomic mass is 16.7. The summed E-state index contributed by atoms with van der Waals surface area (Å²) in [6.07, 6.45) is -1.27. The van der Waals surface area contributed by atoms with Gasteiger partial charge in [0, 0.05) is 12.1 Å². The SMILES string of the molecule is CN[C@@H]1[C@@H](O)[C@@H](O[C@H]2[C@H](NC=O)C[C@H](N)C(O[C@H]3OC(CN)=CC[C@H]3NCC3CC(N)C3)[C@@H]2O)OC[C@]1(C)O. The zero-order chi connectivity index (χ0) is 28.3. The maximum absolute atomic E-state index is 11.5. The van der Waals surface area contributed by atoms with E-state index >= 15 is 0 Å². The Morgan fingerprint density at radius 1 is 1.13 bits per heavy atom. The summed E-state index contributed by atoms with van der Waals surface area (Å²) in [5.41, 5.74) is 16.8. The minimum Gasteiger partial charge on any atom is -0.467 e. The van der Waals surface area contributed by atoms with E-state index in [1.807, 2.05) is 6.08 Å². The maximum Gasteiger partial charge on any atom is 0.215 e. The second-order valence-electron chi connectivity index (χ2n) is 11.5. The average Bonchev–Trinajstić information content (AvgIpc) is 2.87. The minimum atomic E-state index is -1.34. The second kappa shape index (κ2) is 13.0. The number of hydrogen-bond acceptors (Lipinski definition) is 13. The molecule has 2 aliphatic heterocycles. The summed E-state index contributed by atoms with van der Waals surface area (Å²) in [6.45, 7) is 2.39. The summed E-state index contributed by atoms with van der Waals surface area (Å²) in [5.74, 6) is 1.07. The molecule has 4 rings (SSSR count). The summed E-state index contributed by atoms with van der Waals surface area (Å²) in [6, 6.07) is -2.05. The van der Waals surface area contributed by atoms with Crippen molar-refractivity contribution in [3.05, 3.63) is 11.8 Å². The van der Waals surface area contributed by atoms with Crippen molar-refractivity contribution < 1.29 is 39.1 Å². The largest absolute Gasteiger partial charge is 0.467 e. The average molecular weight is 559 g/mol. The van der Waals surface area contributed by atoms with Gasteiger partial charge >= 0.3 is 0 Å². The van der Waals surface area contributed by atoms with E-state index < -0.39 is 60.7 Å². The van der Waals surface area contributed by atoms with Crippen molar-refractivity contribution in [1.82, 2.24) is 16.0 Å². The van der Waals surface area contributed by atoms with Gasteiger partial charge in [0.15, 0.2) is 6.29 Å². The molecule has 0 aromatic carbocycles. The molecule has 1 unspecified atom stereocenters. The number of carbonyl (C=O) groups is 1. The summed E-state index contributed by atoms with van der Waals surface area (Å²) in [4.78, 5) is 11.4. The van der Waals surface area contributed by atoms with Crippen molar-refractivity contribution in [1.29, 1.82) is 0 Å². The molecule has 0 aromatic rings. The molecule has 14 heteroatoms. The van der Waals surface area contributed by atoms with Crippen LogP contribution in [0.2, 0.25) is 0 Å². The van der Waals surface area contributed by atoms with Gasteiger partial charge < -0.3 is 67.4 Å². The predicted molar refractivity (Wildman–Crippen MR) is 140 cm³/mol. The van der Waals surface area contributed by atoms with Crippen molar-refractivity contribution in [2.24, 2.45) is 23.1 Å². The Morgan fingerprint density at radius 2 is 1.85 bits per heavy atom. The first-order valence-corrected chi connectivity index (χ1v) is 13.8. The van der Waals surface area contributed by atoms with Crippen LogP contribution in [0.1, 0.15) is 32.6 Å². The van der Waals surface area contributed by atoms with E-state index in [1.54, 1.807) is 14.0 Å². The molecular weight excluding hydrogens is 512 g/mol. The fourth-order valence-electron chi connectivity index (χ4n) is 6.08. The van der Waals surface area contributed by atoms with E-state index in [0.29, 0.717) is 24.5 Å². The molecule has 39 heavy (non-hydrogen) atoms. The smallest absolute Gasteiger partial charge is 0.215 e. The molecule has 2 aliphatic carbocycles. The third-order valence-electron chi connectivity index (χ3n) is 8.36. The lowest BCUT2D eigenvalue weighted by atomic mass is 9.81. The van der Waals surface area contributed by atoms with Gasteiger partial charge in [-0.1, -0.05) is 0 Å². The zero-order valence-electron chi connectivity index (χ0n) is 22.6. The van der Waals surface area contributed by atoms with Gasteiger partial charge in [0.25, 0.3) is 0 Å². The fraction of sp³-hybridized carbons (Fsp3) is 0.880. The zero-order valence-corrected chi connectivity index (χ0v) is 22.6. The Labute approximate surface area is 228 Å². The van der Waals surface area contributed by atoms with Crippen LogP contribution in [0, 0.1) is 5.92 Å². The van der Waals surface area contributed by atoms with E-state index in [0.717, 1.165) is 19.4 Å². The molecule has 224 valence electrons. The van der Waals surface area contributed by atoms with Gasteiger partial charge in [-0.3, -0.25) is 4.79 Å². The number of aliphatic hydroxyl groups is 3. The lowest BCUT2D eigenvalue weighted by molar-refractivity contribution is -0.304. The van der Waals surface area contributed by atoms with Gasteiger partial charge in [-0.25, -0.2) is 0 Å². The number of aliphatic hydroxyl groups excluding tert-OH is 2. The van der Waals surface area contributed by atoms with Crippen LogP contribution in [0.3, 0.4) is 0 Å². The highest BCUT2D eigenvalue weighted by Gasteiger charge is 2.51. The Hall–Kier alpha value is -1.43. The number of hydrogen-bond donors (Lipinski definition) is 9. The van der Waals surface area contributed by atoms with Crippen molar-refractivity contribution >= 4 is 6.41 Å².